The topological polar surface area (TPSA) is 46.2 Å². The van der Waals surface area contributed by atoms with Gasteiger partial charge in [0.1, 0.15) is 5.78 Å². The molecule has 2 atom stereocenters. The highest BCUT2D eigenvalue weighted by Gasteiger charge is 2.31. The normalized spacial score (nSPS) is 23.7. The smallest absolute Gasteiger partial charge is 0.225 e. The van der Waals surface area contributed by atoms with Gasteiger partial charge in [-0.3, -0.25) is 9.59 Å². The first-order valence-electron chi connectivity index (χ1n) is 8.33. The van der Waals surface area contributed by atoms with E-state index >= 15 is 0 Å². The highest BCUT2D eigenvalue weighted by Crippen LogP contribution is 2.34. The summed E-state index contributed by atoms with van der Waals surface area (Å²) in [6.45, 7) is 12.5. The van der Waals surface area contributed by atoms with Gasteiger partial charge in [0.25, 0.3) is 0 Å². The number of hydrogen-bond donors (Lipinski definition) is 1. The molecule has 0 aromatic rings. The number of ketones is 1. The fraction of sp³-hybridized carbons (Fsp3) is 0.889. The molecular formula is C18H33NO2. The van der Waals surface area contributed by atoms with Crippen molar-refractivity contribution in [2.45, 2.75) is 73.6 Å². The first-order chi connectivity index (χ1) is 9.51. The maximum Gasteiger partial charge on any atom is 0.225 e. The van der Waals surface area contributed by atoms with E-state index in [-0.39, 0.29) is 16.7 Å². The van der Waals surface area contributed by atoms with Gasteiger partial charge in [0.05, 0.1) is 0 Å². The summed E-state index contributed by atoms with van der Waals surface area (Å²) in [5.74, 6) is 1.35. The molecule has 1 fully saturated rings. The van der Waals surface area contributed by atoms with Crippen LogP contribution in [0.2, 0.25) is 0 Å². The Balaban J connectivity index is 2.58. The van der Waals surface area contributed by atoms with Gasteiger partial charge in [-0.15, -0.1) is 0 Å². The van der Waals surface area contributed by atoms with Crippen LogP contribution >= 0.6 is 0 Å². The minimum atomic E-state index is -0.342. The van der Waals surface area contributed by atoms with E-state index in [0.29, 0.717) is 24.0 Å². The molecule has 0 aliphatic heterocycles. The quantitative estimate of drug-likeness (QED) is 0.853. The number of Topliss-reactive ketones (excluding diaryl/α,β-unsaturated/α-hetero) is 1. The van der Waals surface area contributed by atoms with Crippen LogP contribution in [0.3, 0.4) is 0 Å². The van der Waals surface area contributed by atoms with Crippen LogP contribution in [0.4, 0.5) is 0 Å². The van der Waals surface area contributed by atoms with Gasteiger partial charge in [0.2, 0.25) is 5.91 Å². The molecular weight excluding hydrogens is 262 g/mol. The number of rotatable bonds is 4. The molecule has 1 saturated carbocycles. The first-order valence-corrected chi connectivity index (χ1v) is 8.33. The van der Waals surface area contributed by atoms with Crippen LogP contribution < -0.4 is 5.32 Å². The number of nitrogens with one attached hydrogen (secondary N) is 1. The summed E-state index contributed by atoms with van der Waals surface area (Å²) in [6.07, 6.45) is 5.35. The lowest BCUT2D eigenvalue weighted by Crippen LogP contribution is -2.40. The van der Waals surface area contributed by atoms with Crippen molar-refractivity contribution in [2.24, 2.45) is 22.7 Å². The van der Waals surface area contributed by atoms with Gasteiger partial charge >= 0.3 is 0 Å². The third-order valence-corrected chi connectivity index (χ3v) is 4.56. The fourth-order valence-electron chi connectivity index (χ4n) is 2.86. The highest BCUT2D eigenvalue weighted by molar-refractivity contribution is 5.84. The number of amides is 1. The number of hydrogen-bond acceptors (Lipinski definition) is 2. The maximum absolute atomic E-state index is 12.3. The summed E-state index contributed by atoms with van der Waals surface area (Å²) in [4.78, 5) is 24.3. The highest BCUT2D eigenvalue weighted by atomic mass is 16.2. The van der Waals surface area contributed by atoms with Crippen LogP contribution in [0.15, 0.2) is 0 Å². The largest absolute Gasteiger partial charge is 0.355 e. The Hall–Kier alpha value is -0.860. The molecule has 2 unspecified atom stereocenters. The fourth-order valence-corrected chi connectivity index (χ4v) is 2.86. The van der Waals surface area contributed by atoms with Crippen molar-refractivity contribution >= 4 is 11.7 Å². The van der Waals surface area contributed by atoms with E-state index in [1.165, 1.54) is 12.8 Å². The lowest BCUT2D eigenvalue weighted by Gasteiger charge is -2.33. The summed E-state index contributed by atoms with van der Waals surface area (Å²) in [7, 11) is 0. The molecule has 1 amide bonds. The average Bonchev–Trinajstić information content (AvgIpc) is 2.35. The van der Waals surface area contributed by atoms with Crippen molar-refractivity contribution in [3.8, 4) is 0 Å². The summed E-state index contributed by atoms with van der Waals surface area (Å²) < 4.78 is 0. The molecule has 122 valence electrons. The molecule has 1 aliphatic rings. The van der Waals surface area contributed by atoms with Crippen LogP contribution in [0, 0.1) is 22.7 Å². The van der Waals surface area contributed by atoms with E-state index in [0.717, 1.165) is 19.4 Å². The molecule has 1 rings (SSSR count). The molecule has 0 heterocycles. The third-order valence-electron chi connectivity index (χ3n) is 4.56. The SMILES string of the molecule is CC(C)(C)C(=O)CC1CCCCC1CNC(=O)C(C)(C)C. The second kappa shape index (κ2) is 6.93. The number of carbonyl (C=O) groups is 2. The van der Waals surface area contributed by atoms with Crippen LogP contribution in [0.5, 0.6) is 0 Å². The van der Waals surface area contributed by atoms with Crippen LogP contribution in [0.1, 0.15) is 73.6 Å². The predicted molar refractivity (Wildman–Crippen MR) is 87.0 cm³/mol. The van der Waals surface area contributed by atoms with Crippen LogP contribution in [-0.4, -0.2) is 18.2 Å². The molecule has 1 N–H and O–H groups in total. The molecule has 0 saturated heterocycles. The Kier molecular flexibility index (Phi) is 6.01. The Morgan fingerprint density at radius 2 is 1.43 bits per heavy atom. The van der Waals surface area contributed by atoms with E-state index in [1.54, 1.807) is 0 Å². The van der Waals surface area contributed by atoms with Crippen molar-refractivity contribution in [1.82, 2.24) is 5.32 Å². The van der Waals surface area contributed by atoms with E-state index in [4.69, 9.17) is 0 Å². The van der Waals surface area contributed by atoms with E-state index in [9.17, 15) is 9.59 Å². The van der Waals surface area contributed by atoms with E-state index in [2.05, 4.69) is 5.32 Å². The van der Waals surface area contributed by atoms with Gasteiger partial charge in [-0.2, -0.15) is 0 Å². The summed E-state index contributed by atoms with van der Waals surface area (Å²) >= 11 is 0. The Morgan fingerprint density at radius 1 is 0.905 bits per heavy atom. The van der Waals surface area contributed by atoms with Gasteiger partial charge < -0.3 is 5.32 Å². The van der Waals surface area contributed by atoms with Gasteiger partial charge in [-0.05, 0) is 24.7 Å². The van der Waals surface area contributed by atoms with Gasteiger partial charge in [0, 0.05) is 23.8 Å². The molecule has 0 bridgehead atoms. The zero-order valence-corrected chi connectivity index (χ0v) is 14.7. The number of carbonyl (C=O) groups excluding carboxylic acids is 2. The third kappa shape index (κ3) is 5.80. The predicted octanol–water partition coefficient (Wildman–Crippen LogP) is 3.96. The van der Waals surface area contributed by atoms with E-state index < -0.39 is 0 Å². The lowest BCUT2D eigenvalue weighted by molar-refractivity contribution is -0.129. The molecule has 21 heavy (non-hydrogen) atoms. The summed E-state index contributed by atoms with van der Waals surface area (Å²) in [6, 6.07) is 0. The van der Waals surface area contributed by atoms with Crippen molar-refractivity contribution in [3.05, 3.63) is 0 Å². The van der Waals surface area contributed by atoms with Crippen molar-refractivity contribution < 1.29 is 9.59 Å². The van der Waals surface area contributed by atoms with Gasteiger partial charge in [-0.25, -0.2) is 0 Å². The summed E-state index contributed by atoms with van der Waals surface area (Å²) in [5.41, 5.74) is -0.595. The Bertz CT molecular complexity index is 374. The molecule has 0 aromatic heterocycles. The molecule has 3 heteroatoms. The zero-order valence-electron chi connectivity index (χ0n) is 14.7. The monoisotopic (exact) mass is 295 g/mol. The second-order valence-electron chi connectivity index (χ2n) is 8.64. The minimum absolute atomic E-state index is 0.106. The maximum atomic E-state index is 12.3. The van der Waals surface area contributed by atoms with E-state index in [1.807, 2.05) is 41.5 Å². The molecule has 0 radical (unpaired) electrons. The molecule has 0 spiro atoms. The van der Waals surface area contributed by atoms with Crippen LogP contribution in [-0.2, 0) is 9.59 Å². The molecule has 0 aromatic carbocycles. The molecule has 1 aliphatic carbocycles. The average molecular weight is 295 g/mol. The standard InChI is InChI=1S/C18H33NO2/c1-17(2,3)15(20)11-13-9-7-8-10-14(13)12-19-16(21)18(4,5)6/h13-14H,7-12H2,1-6H3,(H,19,21). The first kappa shape index (κ1) is 18.2. The molecule has 3 nitrogen and oxygen atoms in total. The second-order valence-corrected chi connectivity index (χ2v) is 8.64. The summed E-state index contributed by atoms with van der Waals surface area (Å²) in [5, 5.41) is 3.08. The van der Waals surface area contributed by atoms with Crippen molar-refractivity contribution in [2.75, 3.05) is 6.54 Å². The Morgan fingerprint density at radius 3 is 1.90 bits per heavy atom. The lowest BCUT2D eigenvalue weighted by atomic mass is 9.73. The van der Waals surface area contributed by atoms with Crippen molar-refractivity contribution in [1.29, 1.82) is 0 Å². The zero-order chi connectivity index (χ0) is 16.3. The Labute approximate surface area is 130 Å². The van der Waals surface area contributed by atoms with Gasteiger partial charge in [-0.1, -0.05) is 54.4 Å². The van der Waals surface area contributed by atoms with Gasteiger partial charge in [0.15, 0.2) is 0 Å². The van der Waals surface area contributed by atoms with Crippen LogP contribution in [0.25, 0.3) is 0 Å². The minimum Gasteiger partial charge on any atom is -0.355 e. The van der Waals surface area contributed by atoms with Crippen molar-refractivity contribution in [3.63, 3.8) is 0 Å².